The highest BCUT2D eigenvalue weighted by molar-refractivity contribution is 5.88. The molecule has 2 aromatic carbocycles. The highest BCUT2D eigenvalue weighted by Crippen LogP contribution is 2.20. The molecule has 30 heavy (non-hydrogen) atoms. The first-order valence-electron chi connectivity index (χ1n) is 10.3. The average Bonchev–Trinajstić information content (AvgIpc) is 2.73. The molecule has 0 aliphatic rings. The number of unbranched alkanes of at least 4 members (excludes halogenated alkanes) is 1. The Hall–Kier alpha value is -2.89. The second-order valence-corrected chi connectivity index (χ2v) is 7.49. The van der Waals surface area contributed by atoms with Crippen molar-refractivity contribution < 1.29 is 18.7 Å². The van der Waals surface area contributed by atoms with Crippen molar-refractivity contribution in [2.75, 3.05) is 13.2 Å². The molecule has 0 saturated heterocycles. The number of halogens is 1. The van der Waals surface area contributed by atoms with Gasteiger partial charge in [0.15, 0.2) is 6.61 Å². The number of ether oxygens (including phenoxy) is 1. The van der Waals surface area contributed by atoms with Crippen LogP contribution in [0.1, 0.15) is 43.4 Å². The number of carbonyl (C=O) groups excluding carboxylic acids is 2. The molecule has 0 aromatic heterocycles. The fourth-order valence-corrected chi connectivity index (χ4v) is 3.01. The van der Waals surface area contributed by atoms with E-state index in [9.17, 15) is 14.0 Å². The van der Waals surface area contributed by atoms with E-state index in [-0.39, 0.29) is 25.0 Å². The first-order valence-corrected chi connectivity index (χ1v) is 10.3. The summed E-state index contributed by atoms with van der Waals surface area (Å²) < 4.78 is 19.9. The zero-order chi connectivity index (χ0) is 22.1. The van der Waals surface area contributed by atoms with Gasteiger partial charge in [-0.15, -0.1) is 0 Å². The van der Waals surface area contributed by atoms with Crippen LogP contribution in [0.15, 0.2) is 42.5 Å². The van der Waals surface area contributed by atoms with Gasteiger partial charge in [0, 0.05) is 18.7 Å². The molecule has 2 rings (SSSR count). The minimum atomic E-state index is -0.754. The van der Waals surface area contributed by atoms with E-state index < -0.39 is 11.9 Å². The third-order valence-corrected chi connectivity index (χ3v) is 4.99. The number of hydrogen-bond donors (Lipinski definition) is 1. The van der Waals surface area contributed by atoms with E-state index in [1.807, 2.05) is 39.0 Å². The Kier molecular flexibility index (Phi) is 8.84. The van der Waals surface area contributed by atoms with Crippen LogP contribution in [-0.4, -0.2) is 35.9 Å². The van der Waals surface area contributed by atoms with Crippen molar-refractivity contribution in [1.29, 1.82) is 0 Å². The normalized spacial score (nSPS) is 11.6. The Morgan fingerprint density at radius 3 is 2.60 bits per heavy atom. The molecule has 0 heterocycles. The Morgan fingerprint density at radius 2 is 1.90 bits per heavy atom. The van der Waals surface area contributed by atoms with Crippen LogP contribution in [0.2, 0.25) is 0 Å². The molecule has 0 bridgehead atoms. The zero-order valence-electron chi connectivity index (χ0n) is 18.2. The zero-order valence-corrected chi connectivity index (χ0v) is 18.2. The number of aryl methyl sites for hydroxylation is 2. The van der Waals surface area contributed by atoms with Gasteiger partial charge in [-0.05, 0) is 50.5 Å². The molecule has 2 aromatic rings. The van der Waals surface area contributed by atoms with Gasteiger partial charge in [-0.3, -0.25) is 9.59 Å². The van der Waals surface area contributed by atoms with E-state index in [4.69, 9.17) is 4.74 Å². The molecule has 0 aliphatic carbocycles. The number of nitrogens with zero attached hydrogens (tertiary/aromatic N) is 1. The number of nitrogens with one attached hydrogen (secondary N) is 1. The second kappa shape index (κ2) is 11.3. The number of benzene rings is 2. The standard InChI is InChI=1S/C24H31FN2O3/c1-5-6-13-26-24(29)19(4)27(15-20-9-7-8-10-21(20)25)23(28)16-30-22-14-17(2)11-12-18(22)3/h7-12,14,19H,5-6,13,15-16H2,1-4H3,(H,26,29)/t19-/m0/s1. The van der Waals surface area contributed by atoms with Crippen molar-refractivity contribution in [3.63, 3.8) is 0 Å². The van der Waals surface area contributed by atoms with Crippen molar-refractivity contribution >= 4 is 11.8 Å². The van der Waals surface area contributed by atoms with E-state index in [1.54, 1.807) is 25.1 Å². The summed E-state index contributed by atoms with van der Waals surface area (Å²) in [6.45, 7) is 7.84. The molecule has 162 valence electrons. The van der Waals surface area contributed by atoms with Crippen LogP contribution in [0, 0.1) is 19.7 Å². The number of carbonyl (C=O) groups is 2. The van der Waals surface area contributed by atoms with Gasteiger partial charge < -0.3 is 15.0 Å². The monoisotopic (exact) mass is 414 g/mol. The van der Waals surface area contributed by atoms with E-state index in [2.05, 4.69) is 5.32 Å². The molecular weight excluding hydrogens is 383 g/mol. The van der Waals surface area contributed by atoms with Crippen molar-refractivity contribution in [2.24, 2.45) is 0 Å². The summed E-state index contributed by atoms with van der Waals surface area (Å²) >= 11 is 0. The summed E-state index contributed by atoms with van der Waals surface area (Å²) in [5.41, 5.74) is 2.29. The van der Waals surface area contributed by atoms with Crippen LogP contribution in [0.3, 0.4) is 0 Å². The lowest BCUT2D eigenvalue weighted by atomic mass is 10.1. The van der Waals surface area contributed by atoms with Crippen LogP contribution in [0.25, 0.3) is 0 Å². The van der Waals surface area contributed by atoms with Gasteiger partial charge in [0.1, 0.15) is 17.6 Å². The Labute approximate surface area is 178 Å². The predicted octanol–water partition coefficient (Wildman–Crippen LogP) is 4.15. The second-order valence-electron chi connectivity index (χ2n) is 7.49. The average molecular weight is 415 g/mol. The summed E-state index contributed by atoms with van der Waals surface area (Å²) in [5, 5.41) is 2.84. The molecule has 1 atom stereocenters. The Bertz CT molecular complexity index is 869. The third kappa shape index (κ3) is 6.58. The smallest absolute Gasteiger partial charge is 0.261 e. The maximum atomic E-state index is 14.2. The SMILES string of the molecule is CCCCNC(=O)[C@H](C)N(Cc1ccccc1F)C(=O)COc1cc(C)ccc1C. The minimum absolute atomic E-state index is 0.00989. The molecule has 0 spiro atoms. The molecule has 5 nitrogen and oxygen atoms in total. The van der Waals surface area contributed by atoms with Crippen molar-refractivity contribution in [1.82, 2.24) is 10.2 Å². The predicted molar refractivity (Wildman–Crippen MR) is 116 cm³/mol. The number of amides is 2. The van der Waals surface area contributed by atoms with Crippen LogP contribution < -0.4 is 10.1 Å². The molecule has 0 aliphatic heterocycles. The molecule has 2 amide bonds. The van der Waals surface area contributed by atoms with E-state index in [0.29, 0.717) is 17.9 Å². The summed E-state index contributed by atoms with van der Waals surface area (Å²) in [6.07, 6.45) is 1.81. The molecule has 0 radical (unpaired) electrons. The fraction of sp³-hybridized carbons (Fsp3) is 0.417. The summed E-state index contributed by atoms with van der Waals surface area (Å²) in [6, 6.07) is 11.3. The van der Waals surface area contributed by atoms with Gasteiger partial charge in [0.05, 0.1) is 0 Å². The molecule has 0 unspecified atom stereocenters. The van der Waals surface area contributed by atoms with Crippen LogP contribution >= 0.6 is 0 Å². The van der Waals surface area contributed by atoms with Crippen LogP contribution in [0.5, 0.6) is 5.75 Å². The van der Waals surface area contributed by atoms with Gasteiger partial charge in [0.25, 0.3) is 5.91 Å². The third-order valence-electron chi connectivity index (χ3n) is 4.99. The molecule has 0 fully saturated rings. The van der Waals surface area contributed by atoms with E-state index in [0.717, 1.165) is 24.0 Å². The van der Waals surface area contributed by atoms with Crippen LogP contribution in [0.4, 0.5) is 4.39 Å². The van der Waals surface area contributed by atoms with Gasteiger partial charge in [-0.2, -0.15) is 0 Å². The lowest BCUT2D eigenvalue weighted by Gasteiger charge is -2.29. The molecular formula is C24H31FN2O3. The molecule has 1 N–H and O–H groups in total. The lowest BCUT2D eigenvalue weighted by molar-refractivity contribution is -0.142. The van der Waals surface area contributed by atoms with E-state index >= 15 is 0 Å². The summed E-state index contributed by atoms with van der Waals surface area (Å²) in [7, 11) is 0. The Balaban J connectivity index is 2.16. The van der Waals surface area contributed by atoms with Crippen molar-refractivity contribution in [2.45, 2.75) is 53.1 Å². The van der Waals surface area contributed by atoms with Gasteiger partial charge in [-0.25, -0.2) is 4.39 Å². The first-order chi connectivity index (χ1) is 14.3. The summed E-state index contributed by atoms with van der Waals surface area (Å²) in [4.78, 5) is 26.9. The van der Waals surface area contributed by atoms with Gasteiger partial charge in [0.2, 0.25) is 5.91 Å². The van der Waals surface area contributed by atoms with E-state index in [1.165, 1.54) is 11.0 Å². The van der Waals surface area contributed by atoms with Crippen molar-refractivity contribution in [3.05, 3.63) is 65.0 Å². The Morgan fingerprint density at radius 1 is 1.17 bits per heavy atom. The van der Waals surface area contributed by atoms with Gasteiger partial charge in [-0.1, -0.05) is 43.7 Å². The highest BCUT2D eigenvalue weighted by Gasteiger charge is 2.27. The van der Waals surface area contributed by atoms with Crippen LogP contribution in [-0.2, 0) is 16.1 Å². The lowest BCUT2D eigenvalue weighted by Crippen LogP contribution is -2.49. The number of rotatable bonds is 10. The quantitative estimate of drug-likeness (QED) is 0.594. The van der Waals surface area contributed by atoms with Crippen molar-refractivity contribution in [3.8, 4) is 5.75 Å². The fourth-order valence-electron chi connectivity index (χ4n) is 3.01. The van der Waals surface area contributed by atoms with Gasteiger partial charge >= 0.3 is 0 Å². The highest BCUT2D eigenvalue weighted by atomic mass is 19.1. The first kappa shape index (κ1) is 23.4. The largest absolute Gasteiger partial charge is 0.483 e. The minimum Gasteiger partial charge on any atom is -0.483 e. The summed E-state index contributed by atoms with van der Waals surface area (Å²) in [5.74, 6) is -0.434. The number of hydrogen-bond acceptors (Lipinski definition) is 3. The topological polar surface area (TPSA) is 58.6 Å². The maximum absolute atomic E-state index is 14.2. The molecule has 6 heteroatoms. The molecule has 0 saturated carbocycles. The maximum Gasteiger partial charge on any atom is 0.261 e.